The van der Waals surface area contributed by atoms with Crippen LogP contribution in [0.3, 0.4) is 0 Å². The van der Waals surface area contributed by atoms with Crippen LogP contribution in [0.15, 0.2) is 12.2 Å². The van der Waals surface area contributed by atoms with Crippen LogP contribution in [0.2, 0.25) is 0 Å². The summed E-state index contributed by atoms with van der Waals surface area (Å²) < 4.78 is 0. The molecule has 0 heteroatoms. The highest BCUT2D eigenvalue weighted by Gasteiger charge is 2.05. The first-order valence-corrected chi connectivity index (χ1v) is 6.10. The monoisotopic (exact) mass is 196 g/mol. The molecule has 0 saturated carbocycles. The second-order valence-corrected chi connectivity index (χ2v) is 5.39. The van der Waals surface area contributed by atoms with Gasteiger partial charge in [-0.1, -0.05) is 53.7 Å². The van der Waals surface area contributed by atoms with Crippen LogP contribution in [0.1, 0.15) is 54.4 Å². The average Bonchev–Trinajstić information content (AvgIpc) is 2.11. The lowest BCUT2D eigenvalue weighted by Gasteiger charge is -2.14. The third-order valence-electron chi connectivity index (χ3n) is 3.46. The van der Waals surface area contributed by atoms with Crippen molar-refractivity contribution in [1.82, 2.24) is 0 Å². The quantitative estimate of drug-likeness (QED) is 0.530. The molecule has 0 N–H and O–H groups in total. The lowest BCUT2D eigenvalue weighted by Crippen LogP contribution is -2.03. The predicted octanol–water partition coefficient (Wildman–Crippen LogP) is 4.91. The molecule has 0 heterocycles. The maximum Gasteiger partial charge on any atom is -0.0322 e. The summed E-state index contributed by atoms with van der Waals surface area (Å²) in [5.74, 6) is 3.26. The largest absolute Gasteiger partial charge is 0.0883 e. The fourth-order valence-electron chi connectivity index (χ4n) is 1.17. The highest BCUT2D eigenvalue weighted by atomic mass is 14.1. The molecule has 0 radical (unpaired) electrons. The molecule has 0 aromatic carbocycles. The molecule has 0 rings (SSSR count). The molecule has 0 amide bonds. The smallest absolute Gasteiger partial charge is 0.0322 e. The molecule has 0 nitrogen and oxygen atoms in total. The maximum atomic E-state index is 2.36. The van der Waals surface area contributed by atoms with E-state index in [9.17, 15) is 0 Å². The topological polar surface area (TPSA) is 0 Å². The summed E-state index contributed by atoms with van der Waals surface area (Å²) in [6.07, 6.45) is 7.21. The van der Waals surface area contributed by atoms with Gasteiger partial charge in [-0.15, -0.1) is 0 Å². The zero-order valence-electron chi connectivity index (χ0n) is 10.9. The minimum Gasteiger partial charge on any atom is -0.0883 e. The summed E-state index contributed by atoms with van der Waals surface area (Å²) in [5, 5.41) is 0. The average molecular weight is 196 g/mol. The molecule has 0 spiro atoms. The van der Waals surface area contributed by atoms with E-state index in [2.05, 4.69) is 53.7 Å². The minimum absolute atomic E-state index is 0.808. The fraction of sp³-hybridized carbons (Fsp3) is 0.857. The Labute approximate surface area is 90.8 Å². The fourth-order valence-corrected chi connectivity index (χ4v) is 1.17. The first-order chi connectivity index (χ1) is 6.45. The Kier molecular flexibility index (Phi) is 6.96. The Hall–Kier alpha value is -0.260. The van der Waals surface area contributed by atoms with E-state index in [1.165, 1.54) is 12.8 Å². The molecule has 0 bridgehead atoms. The van der Waals surface area contributed by atoms with Gasteiger partial charge in [-0.05, 0) is 36.5 Å². The number of allylic oxidation sites excluding steroid dienone is 2. The van der Waals surface area contributed by atoms with Crippen LogP contribution in [0, 0.1) is 23.7 Å². The van der Waals surface area contributed by atoms with Crippen molar-refractivity contribution < 1.29 is 0 Å². The van der Waals surface area contributed by atoms with Crippen LogP contribution < -0.4 is 0 Å². The van der Waals surface area contributed by atoms with Crippen LogP contribution in [0.25, 0.3) is 0 Å². The third-order valence-corrected chi connectivity index (χ3v) is 3.46. The molecule has 0 aliphatic rings. The summed E-state index contributed by atoms with van der Waals surface area (Å²) in [4.78, 5) is 0. The predicted molar refractivity (Wildman–Crippen MR) is 66.4 cm³/mol. The van der Waals surface area contributed by atoms with Gasteiger partial charge in [-0.25, -0.2) is 0 Å². The van der Waals surface area contributed by atoms with Gasteiger partial charge >= 0.3 is 0 Å². The summed E-state index contributed by atoms with van der Waals surface area (Å²) in [6.45, 7) is 13.9. The van der Waals surface area contributed by atoms with Crippen LogP contribution in [-0.4, -0.2) is 0 Å². The van der Waals surface area contributed by atoms with Crippen molar-refractivity contribution in [3.05, 3.63) is 12.2 Å². The summed E-state index contributed by atoms with van der Waals surface area (Å²) in [6, 6.07) is 0. The van der Waals surface area contributed by atoms with E-state index < -0.39 is 0 Å². The van der Waals surface area contributed by atoms with Gasteiger partial charge in [0.05, 0.1) is 0 Å². The summed E-state index contributed by atoms with van der Waals surface area (Å²) in [7, 11) is 0. The molecule has 0 unspecified atom stereocenters. The van der Waals surface area contributed by atoms with E-state index in [1.54, 1.807) is 0 Å². The molecular weight excluding hydrogens is 168 g/mol. The Balaban J connectivity index is 3.64. The van der Waals surface area contributed by atoms with Crippen molar-refractivity contribution in [3.8, 4) is 0 Å². The molecule has 14 heavy (non-hydrogen) atoms. The normalized spacial score (nSPS) is 16.9. The molecule has 0 saturated heterocycles. The van der Waals surface area contributed by atoms with Crippen molar-refractivity contribution >= 4 is 0 Å². The molecular formula is C14H28. The van der Waals surface area contributed by atoms with Gasteiger partial charge in [0.1, 0.15) is 0 Å². The molecule has 0 aromatic rings. The molecule has 0 fully saturated rings. The first kappa shape index (κ1) is 13.7. The lowest BCUT2D eigenvalue weighted by atomic mass is 9.92. The number of rotatable bonds is 6. The maximum absolute atomic E-state index is 2.36. The van der Waals surface area contributed by atoms with Gasteiger partial charge in [-0.2, -0.15) is 0 Å². The Morgan fingerprint density at radius 1 is 0.643 bits per heavy atom. The molecule has 84 valence electrons. The highest BCUT2D eigenvalue weighted by Crippen LogP contribution is 2.17. The van der Waals surface area contributed by atoms with Crippen molar-refractivity contribution in [2.45, 2.75) is 54.4 Å². The molecule has 0 aromatic heterocycles. The van der Waals surface area contributed by atoms with E-state index in [-0.39, 0.29) is 0 Å². The van der Waals surface area contributed by atoms with Gasteiger partial charge in [0.2, 0.25) is 0 Å². The second kappa shape index (κ2) is 7.09. The van der Waals surface area contributed by atoms with Crippen LogP contribution >= 0.6 is 0 Å². The van der Waals surface area contributed by atoms with E-state index in [1.807, 2.05) is 0 Å². The first-order valence-electron chi connectivity index (χ1n) is 6.10. The minimum atomic E-state index is 0.808. The molecule has 0 aliphatic carbocycles. The summed E-state index contributed by atoms with van der Waals surface area (Å²) >= 11 is 0. The van der Waals surface area contributed by atoms with Crippen LogP contribution in [-0.2, 0) is 0 Å². The van der Waals surface area contributed by atoms with Crippen LogP contribution in [0.4, 0.5) is 0 Å². The summed E-state index contributed by atoms with van der Waals surface area (Å²) in [5.41, 5.74) is 0. The Morgan fingerprint density at radius 2 is 0.929 bits per heavy atom. The standard InChI is InChI=1S/C14H28/c1-11(2)13(5)9-7-8-10-14(6)12(3)4/h7-8,11-14H,9-10H2,1-6H3/t13-,14-/m0/s1. The van der Waals surface area contributed by atoms with Gasteiger partial charge in [0.15, 0.2) is 0 Å². The van der Waals surface area contributed by atoms with Gasteiger partial charge in [0.25, 0.3) is 0 Å². The van der Waals surface area contributed by atoms with Gasteiger partial charge in [0, 0.05) is 0 Å². The molecule has 2 atom stereocenters. The third kappa shape index (κ3) is 6.23. The van der Waals surface area contributed by atoms with E-state index >= 15 is 0 Å². The van der Waals surface area contributed by atoms with E-state index in [0.717, 1.165) is 23.7 Å². The van der Waals surface area contributed by atoms with Crippen molar-refractivity contribution in [3.63, 3.8) is 0 Å². The number of hydrogen-bond acceptors (Lipinski definition) is 0. The van der Waals surface area contributed by atoms with E-state index in [0.29, 0.717) is 0 Å². The zero-order valence-corrected chi connectivity index (χ0v) is 10.9. The van der Waals surface area contributed by atoms with Crippen molar-refractivity contribution in [2.24, 2.45) is 23.7 Å². The van der Waals surface area contributed by atoms with Crippen molar-refractivity contribution in [2.75, 3.05) is 0 Å². The lowest BCUT2D eigenvalue weighted by molar-refractivity contribution is 0.415. The second-order valence-electron chi connectivity index (χ2n) is 5.39. The van der Waals surface area contributed by atoms with E-state index in [4.69, 9.17) is 0 Å². The highest BCUT2D eigenvalue weighted by molar-refractivity contribution is 4.85. The SMILES string of the molecule is CC(C)[C@@H](C)CC=CC[C@H](C)C(C)C. The number of hydrogen-bond donors (Lipinski definition) is 0. The van der Waals surface area contributed by atoms with Crippen molar-refractivity contribution in [1.29, 1.82) is 0 Å². The zero-order chi connectivity index (χ0) is 11.1. The molecule has 0 aliphatic heterocycles. The van der Waals surface area contributed by atoms with Gasteiger partial charge < -0.3 is 0 Å². The Bertz CT molecular complexity index is 135. The Morgan fingerprint density at radius 3 is 1.14 bits per heavy atom. The van der Waals surface area contributed by atoms with Gasteiger partial charge in [-0.3, -0.25) is 0 Å². The van der Waals surface area contributed by atoms with Crippen LogP contribution in [0.5, 0.6) is 0 Å².